The van der Waals surface area contributed by atoms with E-state index in [2.05, 4.69) is 24.4 Å². The molecule has 3 heteroatoms. The van der Waals surface area contributed by atoms with Crippen LogP contribution in [0.1, 0.15) is 24.9 Å². The predicted molar refractivity (Wildman–Crippen MR) is 64.1 cm³/mol. The highest BCUT2D eigenvalue weighted by atomic mass is 16.5. The van der Waals surface area contributed by atoms with Crippen LogP contribution >= 0.6 is 0 Å². The summed E-state index contributed by atoms with van der Waals surface area (Å²) in [5.41, 5.74) is 1.28. The fourth-order valence-corrected chi connectivity index (χ4v) is 2.24. The third kappa shape index (κ3) is 2.14. The largest absolute Gasteiger partial charge is 0.493 e. The Balaban J connectivity index is 2.22. The monoisotopic (exact) mass is 221 g/mol. The van der Waals surface area contributed by atoms with Gasteiger partial charge in [0.25, 0.3) is 0 Å². The van der Waals surface area contributed by atoms with Crippen molar-refractivity contribution in [3.8, 4) is 11.5 Å². The number of hydrogen-bond donors (Lipinski definition) is 1. The van der Waals surface area contributed by atoms with E-state index in [0.717, 1.165) is 24.0 Å². The van der Waals surface area contributed by atoms with Gasteiger partial charge in [-0.15, -0.1) is 0 Å². The molecule has 0 aliphatic carbocycles. The van der Waals surface area contributed by atoms with Crippen molar-refractivity contribution in [1.82, 2.24) is 5.32 Å². The number of rotatable bonds is 3. The molecule has 0 amide bonds. The molecular formula is C13H19NO2. The molecule has 0 bridgehead atoms. The standard InChI is InChI=1S/C13H19NO2/c1-9-6-11(14-8-9)10-4-5-12(15-2)13(7-10)16-3/h4-5,7,9,11,14H,6,8H2,1-3H3/t9-,11+/m0/s1. The fraction of sp³-hybridized carbons (Fsp3) is 0.538. The van der Waals surface area contributed by atoms with Gasteiger partial charge in [0.15, 0.2) is 11.5 Å². The second kappa shape index (κ2) is 4.74. The summed E-state index contributed by atoms with van der Waals surface area (Å²) in [6.07, 6.45) is 1.19. The highest BCUT2D eigenvalue weighted by molar-refractivity contribution is 5.43. The average molecular weight is 221 g/mol. The maximum Gasteiger partial charge on any atom is 0.161 e. The van der Waals surface area contributed by atoms with Crippen molar-refractivity contribution in [3.63, 3.8) is 0 Å². The second-order valence-corrected chi connectivity index (χ2v) is 4.42. The minimum atomic E-state index is 0.454. The summed E-state index contributed by atoms with van der Waals surface area (Å²) in [5, 5.41) is 3.52. The van der Waals surface area contributed by atoms with Gasteiger partial charge >= 0.3 is 0 Å². The van der Waals surface area contributed by atoms with Crippen molar-refractivity contribution < 1.29 is 9.47 Å². The SMILES string of the molecule is COc1ccc([C@H]2C[C@H](C)CN2)cc1OC. The zero-order valence-corrected chi connectivity index (χ0v) is 10.1. The Hall–Kier alpha value is -1.22. The molecule has 1 fully saturated rings. The van der Waals surface area contributed by atoms with Crippen LogP contribution in [0, 0.1) is 5.92 Å². The predicted octanol–water partition coefficient (Wildman–Crippen LogP) is 2.37. The Morgan fingerprint density at radius 3 is 2.50 bits per heavy atom. The summed E-state index contributed by atoms with van der Waals surface area (Å²) in [4.78, 5) is 0. The normalized spacial score (nSPS) is 24.4. The van der Waals surface area contributed by atoms with Crippen molar-refractivity contribution in [3.05, 3.63) is 23.8 Å². The van der Waals surface area contributed by atoms with E-state index in [1.165, 1.54) is 12.0 Å². The van der Waals surface area contributed by atoms with E-state index in [1.54, 1.807) is 14.2 Å². The Labute approximate surface area is 96.8 Å². The summed E-state index contributed by atoms with van der Waals surface area (Å²) in [6.45, 7) is 3.37. The highest BCUT2D eigenvalue weighted by Gasteiger charge is 2.22. The molecule has 3 nitrogen and oxygen atoms in total. The molecule has 0 spiro atoms. The third-order valence-corrected chi connectivity index (χ3v) is 3.16. The number of methoxy groups -OCH3 is 2. The first-order valence-electron chi connectivity index (χ1n) is 5.70. The van der Waals surface area contributed by atoms with Gasteiger partial charge in [-0.3, -0.25) is 0 Å². The zero-order valence-electron chi connectivity index (χ0n) is 10.1. The first kappa shape index (κ1) is 11.3. The van der Waals surface area contributed by atoms with Crippen LogP contribution in [-0.2, 0) is 0 Å². The summed E-state index contributed by atoms with van der Waals surface area (Å²) in [7, 11) is 3.33. The smallest absolute Gasteiger partial charge is 0.161 e. The van der Waals surface area contributed by atoms with Crippen molar-refractivity contribution in [2.75, 3.05) is 20.8 Å². The van der Waals surface area contributed by atoms with Gasteiger partial charge in [0.1, 0.15) is 0 Å². The topological polar surface area (TPSA) is 30.5 Å². The average Bonchev–Trinajstić information content (AvgIpc) is 2.75. The van der Waals surface area contributed by atoms with E-state index in [-0.39, 0.29) is 0 Å². The van der Waals surface area contributed by atoms with Crippen LogP contribution < -0.4 is 14.8 Å². The van der Waals surface area contributed by atoms with Crippen molar-refractivity contribution in [2.24, 2.45) is 5.92 Å². The molecule has 1 aliphatic heterocycles. The lowest BCUT2D eigenvalue weighted by Crippen LogP contribution is -2.13. The van der Waals surface area contributed by atoms with Crippen LogP contribution in [0.25, 0.3) is 0 Å². The Kier molecular flexibility index (Phi) is 3.34. The molecule has 1 aromatic rings. The summed E-state index contributed by atoms with van der Waals surface area (Å²) in [6, 6.07) is 6.60. The minimum Gasteiger partial charge on any atom is -0.493 e. The van der Waals surface area contributed by atoms with Gasteiger partial charge in [0, 0.05) is 6.04 Å². The first-order valence-corrected chi connectivity index (χ1v) is 5.70. The first-order chi connectivity index (χ1) is 7.74. The molecule has 0 unspecified atom stereocenters. The molecule has 1 aliphatic rings. The summed E-state index contributed by atoms with van der Waals surface area (Å²) in [5.74, 6) is 2.34. The van der Waals surface area contributed by atoms with Crippen LogP contribution in [0.3, 0.4) is 0 Å². The number of benzene rings is 1. The van der Waals surface area contributed by atoms with Gasteiger partial charge in [-0.05, 0) is 36.6 Å². The third-order valence-electron chi connectivity index (χ3n) is 3.16. The number of hydrogen-bond acceptors (Lipinski definition) is 3. The van der Waals surface area contributed by atoms with Gasteiger partial charge in [-0.25, -0.2) is 0 Å². The Morgan fingerprint density at radius 1 is 1.19 bits per heavy atom. The molecule has 2 rings (SSSR count). The molecule has 16 heavy (non-hydrogen) atoms. The second-order valence-electron chi connectivity index (χ2n) is 4.42. The van der Waals surface area contributed by atoms with Crippen molar-refractivity contribution in [1.29, 1.82) is 0 Å². The number of ether oxygens (including phenoxy) is 2. The van der Waals surface area contributed by atoms with Crippen molar-refractivity contribution >= 4 is 0 Å². The fourth-order valence-electron chi connectivity index (χ4n) is 2.24. The molecule has 1 N–H and O–H groups in total. The lowest BCUT2D eigenvalue weighted by atomic mass is 10.0. The molecule has 88 valence electrons. The van der Waals surface area contributed by atoms with E-state index in [9.17, 15) is 0 Å². The molecule has 1 heterocycles. The van der Waals surface area contributed by atoms with Crippen LogP contribution in [0.2, 0.25) is 0 Å². The van der Waals surface area contributed by atoms with E-state index in [4.69, 9.17) is 9.47 Å². The maximum atomic E-state index is 5.31. The van der Waals surface area contributed by atoms with Crippen LogP contribution in [0.15, 0.2) is 18.2 Å². The van der Waals surface area contributed by atoms with Crippen LogP contribution in [0.5, 0.6) is 11.5 Å². The van der Waals surface area contributed by atoms with Gasteiger partial charge < -0.3 is 14.8 Å². The summed E-state index contributed by atoms with van der Waals surface area (Å²) >= 11 is 0. The van der Waals surface area contributed by atoms with E-state index >= 15 is 0 Å². The summed E-state index contributed by atoms with van der Waals surface area (Å²) < 4.78 is 10.5. The molecule has 2 atom stereocenters. The van der Waals surface area contributed by atoms with Crippen molar-refractivity contribution in [2.45, 2.75) is 19.4 Å². The van der Waals surface area contributed by atoms with Crippen LogP contribution in [-0.4, -0.2) is 20.8 Å². The van der Waals surface area contributed by atoms with Gasteiger partial charge in [0.2, 0.25) is 0 Å². The quantitative estimate of drug-likeness (QED) is 0.850. The maximum absolute atomic E-state index is 5.31. The number of nitrogens with one attached hydrogen (secondary N) is 1. The lowest BCUT2D eigenvalue weighted by Gasteiger charge is -2.14. The molecule has 0 radical (unpaired) electrons. The molecular weight excluding hydrogens is 202 g/mol. The Bertz CT molecular complexity index is 365. The zero-order chi connectivity index (χ0) is 11.5. The van der Waals surface area contributed by atoms with Gasteiger partial charge in [-0.1, -0.05) is 13.0 Å². The van der Waals surface area contributed by atoms with Crippen LogP contribution in [0.4, 0.5) is 0 Å². The minimum absolute atomic E-state index is 0.454. The molecule has 1 aromatic carbocycles. The lowest BCUT2D eigenvalue weighted by molar-refractivity contribution is 0.354. The van der Waals surface area contributed by atoms with Gasteiger partial charge in [-0.2, -0.15) is 0 Å². The van der Waals surface area contributed by atoms with E-state index < -0.39 is 0 Å². The highest BCUT2D eigenvalue weighted by Crippen LogP contribution is 2.33. The molecule has 0 aromatic heterocycles. The molecule has 0 saturated carbocycles. The molecule has 1 saturated heterocycles. The van der Waals surface area contributed by atoms with Gasteiger partial charge in [0.05, 0.1) is 14.2 Å². The van der Waals surface area contributed by atoms with E-state index in [0.29, 0.717) is 6.04 Å². The van der Waals surface area contributed by atoms with E-state index in [1.807, 2.05) is 6.07 Å². The Morgan fingerprint density at radius 2 is 1.94 bits per heavy atom.